The van der Waals surface area contributed by atoms with Crippen molar-refractivity contribution in [2.24, 2.45) is 10.8 Å². The van der Waals surface area contributed by atoms with Gasteiger partial charge in [0.25, 0.3) is 0 Å². The molecule has 0 saturated heterocycles. The third-order valence-electron chi connectivity index (χ3n) is 3.39. The number of nitrogens with two attached hydrogens (primary N) is 1. The zero-order valence-electron chi connectivity index (χ0n) is 18.6. The molecule has 0 aliphatic carbocycles. The van der Waals surface area contributed by atoms with Crippen LogP contribution in [0.1, 0.15) is 34.6 Å². The lowest BCUT2D eigenvalue weighted by Crippen LogP contribution is -2.53. The van der Waals surface area contributed by atoms with Gasteiger partial charge in [0.05, 0.1) is 6.21 Å². The summed E-state index contributed by atoms with van der Waals surface area (Å²) in [6.45, 7) is 4.79. The Morgan fingerprint density at radius 1 is 0.844 bits per heavy atom. The first kappa shape index (κ1) is 28.7. The van der Waals surface area contributed by atoms with Crippen molar-refractivity contribution >= 4 is 53.4 Å². The molecule has 0 amide bonds. The lowest BCUT2D eigenvalue weighted by molar-refractivity contribution is -0.197. The Bertz CT molecular complexity index is 757. The van der Waals surface area contributed by atoms with Crippen LogP contribution >= 0.6 is 12.2 Å². The van der Waals surface area contributed by atoms with Crippen LogP contribution in [0.15, 0.2) is 5.10 Å². The first-order chi connectivity index (χ1) is 14.7. The van der Waals surface area contributed by atoms with E-state index >= 15 is 0 Å². The fourth-order valence-electron chi connectivity index (χ4n) is 2.26. The van der Waals surface area contributed by atoms with Crippen LogP contribution in [-0.4, -0.2) is 84.3 Å². The summed E-state index contributed by atoms with van der Waals surface area (Å²) in [6.07, 6.45) is -4.98. The van der Waals surface area contributed by atoms with Gasteiger partial charge in [0.15, 0.2) is 29.5 Å². The van der Waals surface area contributed by atoms with E-state index in [2.05, 4.69) is 5.10 Å². The van der Waals surface area contributed by atoms with Crippen molar-refractivity contribution < 1.29 is 47.7 Å². The molecule has 4 atom stereocenters. The van der Waals surface area contributed by atoms with E-state index < -0.39 is 60.9 Å². The van der Waals surface area contributed by atoms with Crippen LogP contribution in [0.3, 0.4) is 0 Å². The van der Waals surface area contributed by atoms with Gasteiger partial charge in [0.1, 0.15) is 6.61 Å². The van der Waals surface area contributed by atoms with Gasteiger partial charge in [-0.25, -0.2) is 5.01 Å². The van der Waals surface area contributed by atoms with E-state index in [9.17, 15) is 24.0 Å². The summed E-state index contributed by atoms with van der Waals surface area (Å²) in [7, 11) is 1.40. The van der Waals surface area contributed by atoms with Crippen molar-refractivity contribution in [3.05, 3.63) is 0 Å². The second kappa shape index (κ2) is 13.9. The molecule has 0 aromatic carbocycles. The monoisotopic (exact) mass is 477 g/mol. The van der Waals surface area contributed by atoms with Gasteiger partial charge in [-0.1, -0.05) is 0 Å². The first-order valence-electron chi connectivity index (χ1n) is 9.14. The average molecular weight is 477 g/mol. The van der Waals surface area contributed by atoms with Crippen LogP contribution in [0.2, 0.25) is 0 Å². The summed E-state index contributed by atoms with van der Waals surface area (Å²) in [6, 6.07) is 0. The molecule has 32 heavy (non-hydrogen) atoms. The molecule has 0 fully saturated rings. The predicted octanol–water partition coefficient (Wildman–Crippen LogP) is -0.562. The van der Waals surface area contributed by atoms with E-state index in [4.69, 9.17) is 41.6 Å². The van der Waals surface area contributed by atoms with Crippen LogP contribution < -0.4 is 5.73 Å². The molecular weight excluding hydrogens is 450 g/mol. The van der Waals surface area contributed by atoms with Crippen molar-refractivity contribution in [3.8, 4) is 0 Å². The molecule has 2 N–H and O–H groups in total. The Morgan fingerprint density at radius 3 is 1.72 bits per heavy atom. The molecule has 0 aliphatic heterocycles. The number of hydrogen-bond acceptors (Lipinski definition) is 12. The molecular formula is C18H27N3O10S. The maximum absolute atomic E-state index is 11.8. The highest BCUT2D eigenvalue weighted by atomic mass is 32.1. The highest BCUT2D eigenvalue weighted by Gasteiger charge is 2.43. The minimum absolute atomic E-state index is 0.129. The molecule has 0 aliphatic rings. The van der Waals surface area contributed by atoms with E-state index in [0.29, 0.717) is 0 Å². The highest BCUT2D eigenvalue weighted by Crippen LogP contribution is 2.19. The SMILES string of the molecule is CC(=O)OC[C@@H](OC(C)=O)[C@H](OC(C)=O)[C@H](OC(C)=O)[C@H](/C=N\N(C)C(N)=S)OC(C)=O. The van der Waals surface area contributed by atoms with Crippen LogP contribution in [-0.2, 0) is 47.7 Å². The van der Waals surface area contributed by atoms with E-state index in [0.717, 1.165) is 45.8 Å². The second-order valence-electron chi connectivity index (χ2n) is 6.30. The molecule has 14 heteroatoms. The van der Waals surface area contributed by atoms with Gasteiger partial charge in [-0.05, 0) is 12.2 Å². The summed E-state index contributed by atoms with van der Waals surface area (Å²) in [4.78, 5) is 58.1. The third kappa shape index (κ3) is 11.8. The zero-order chi connectivity index (χ0) is 25.0. The fourth-order valence-corrected chi connectivity index (χ4v) is 2.31. The molecule has 0 aromatic rings. The first-order valence-corrected chi connectivity index (χ1v) is 9.54. The van der Waals surface area contributed by atoms with E-state index in [-0.39, 0.29) is 5.11 Å². The molecule has 0 saturated carbocycles. The Hall–Kier alpha value is -3.29. The highest BCUT2D eigenvalue weighted by molar-refractivity contribution is 7.80. The number of rotatable bonds is 11. The van der Waals surface area contributed by atoms with Crippen molar-refractivity contribution in [1.29, 1.82) is 0 Å². The van der Waals surface area contributed by atoms with Gasteiger partial charge < -0.3 is 29.4 Å². The average Bonchev–Trinajstić information content (AvgIpc) is 2.63. The van der Waals surface area contributed by atoms with Gasteiger partial charge in [-0.3, -0.25) is 24.0 Å². The molecule has 0 bridgehead atoms. The van der Waals surface area contributed by atoms with Gasteiger partial charge >= 0.3 is 29.8 Å². The van der Waals surface area contributed by atoms with Gasteiger partial charge in [0, 0.05) is 41.7 Å². The van der Waals surface area contributed by atoms with Crippen LogP contribution in [0.25, 0.3) is 0 Å². The number of carbonyl (C=O) groups excluding carboxylic acids is 5. The topological polar surface area (TPSA) is 173 Å². The van der Waals surface area contributed by atoms with Crippen molar-refractivity contribution in [3.63, 3.8) is 0 Å². The number of hydrazone groups is 1. The van der Waals surface area contributed by atoms with Gasteiger partial charge in [-0.15, -0.1) is 0 Å². The van der Waals surface area contributed by atoms with Gasteiger partial charge in [0.2, 0.25) is 0 Å². The minimum Gasteiger partial charge on any atom is -0.462 e. The van der Waals surface area contributed by atoms with Crippen LogP contribution in [0, 0.1) is 0 Å². The maximum Gasteiger partial charge on any atom is 0.303 e. The van der Waals surface area contributed by atoms with Gasteiger partial charge in [-0.2, -0.15) is 5.10 Å². The molecule has 0 radical (unpaired) electrons. The van der Waals surface area contributed by atoms with Crippen LogP contribution in [0.4, 0.5) is 0 Å². The molecule has 0 heterocycles. The number of hydrogen-bond donors (Lipinski definition) is 1. The summed E-state index contributed by atoms with van der Waals surface area (Å²) in [5.41, 5.74) is 5.45. The Morgan fingerprint density at radius 2 is 1.31 bits per heavy atom. The number of esters is 5. The molecule has 0 rings (SSSR count). The van der Waals surface area contributed by atoms with E-state index in [1.54, 1.807) is 0 Å². The number of carbonyl (C=O) groups is 5. The normalized spacial score (nSPS) is 14.3. The molecule has 0 unspecified atom stereocenters. The largest absolute Gasteiger partial charge is 0.462 e. The minimum atomic E-state index is -1.57. The summed E-state index contributed by atoms with van der Waals surface area (Å²) < 4.78 is 25.6. The smallest absolute Gasteiger partial charge is 0.303 e. The number of thiocarbonyl (C=S) groups is 1. The lowest BCUT2D eigenvalue weighted by atomic mass is 10.0. The van der Waals surface area contributed by atoms with Crippen molar-refractivity contribution in [2.45, 2.75) is 59.0 Å². The predicted molar refractivity (Wildman–Crippen MR) is 112 cm³/mol. The van der Waals surface area contributed by atoms with E-state index in [1.165, 1.54) is 7.05 Å². The van der Waals surface area contributed by atoms with Crippen molar-refractivity contribution in [1.82, 2.24) is 5.01 Å². The quantitative estimate of drug-likeness (QED) is 0.132. The van der Waals surface area contributed by atoms with Crippen LogP contribution in [0.5, 0.6) is 0 Å². The lowest BCUT2D eigenvalue weighted by Gasteiger charge is -2.34. The molecule has 180 valence electrons. The summed E-state index contributed by atoms with van der Waals surface area (Å²) in [5.74, 6) is -4.04. The third-order valence-corrected chi connectivity index (χ3v) is 3.66. The Kier molecular flexibility index (Phi) is 12.5. The molecule has 13 nitrogen and oxygen atoms in total. The molecule has 0 spiro atoms. The Balaban J connectivity index is 6.43. The fraction of sp³-hybridized carbons (Fsp3) is 0.611. The maximum atomic E-state index is 11.8. The number of nitrogens with zero attached hydrogens (tertiary/aromatic N) is 2. The van der Waals surface area contributed by atoms with Crippen molar-refractivity contribution in [2.75, 3.05) is 13.7 Å². The summed E-state index contributed by atoms with van der Waals surface area (Å²) in [5, 5.41) is 4.83. The second-order valence-corrected chi connectivity index (χ2v) is 6.72. The molecule has 0 aromatic heterocycles. The zero-order valence-corrected chi connectivity index (χ0v) is 19.4. The Labute approximate surface area is 190 Å². The summed E-state index contributed by atoms with van der Waals surface area (Å²) >= 11 is 4.77. The van der Waals surface area contributed by atoms with E-state index in [1.807, 2.05) is 0 Å². The standard InChI is InChI=1S/C18H27N3O10S/c1-9(22)27-8-15(29-11(3)24)17(31-13(5)26)16(30-12(4)25)14(28-10(2)23)7-20-21(6)18(19)32/h7,14-17H,8H2,1-6H3,(H2,19,32)/b20-7-/t14-,15+,16+,17-/m0/s1. The number of ether oxygens (including phenoxy) is 5.